The Morgan fingerprint density at radius 2 is 1.60 bits per heavy atom. The van der Waals surface area contributed by atoms with Crippen molar-refractivity contribution < 1.29 is 13.2 Å². The molecule has 0 radical (unpaired) electrons. The Labute approximate surface area is 112 Å². The van der Waals surface area contributed by atoms with Crippen molar-refractivity contribution >= 4 is 10.8 Å². The Balaban J connectivity index is 2.02. The Hall–Kier alpha value is -2.50. The van der Waals surface area contributed by atoms with Crippen LogP contribution in [0.25, 0.3) is 22.2 Å². The van der Waals surface area contributed by atoms with Crippen molar-refractivity contribution in [3.8, 4) is 11.4 Å². The lowest BCUT2D eigenvalue weighted by molar-refractivity contribution is -0.138. The molecule has 0 bridgehead atoms. The molecule has 1 aromatic carbocycles. The normalized spacial score (nSPS) is 11.8. The maximum atomic E-state index is 12.4. The van der Waals surface area contributed by atoms with Crippen molar-refractivity contribution in [2.75, 3.05) is 0 Å². The van der Waals surface area contributed by atoms with Crippen LogP contribution in [0.5, 0.6) is 0 Å². The molecule has 0 saturated carbocycles. The van der Waals surface area contributed by atoms with E-state index in [4.69, 9.17) is 0 Å². The lowest BCUT2D eigenvalue weighted by Gasteiger charge is -2.06. The standard InChI is InChI=1S/C14H8F3N3/c15-14(16,17)12-7-19-13(20-8-12)10-1-2-11-6-18-4-3-9(11)5-10/h1-8H. The fraction of sp³-hybridized carbons (Fsp3) is 0.0714. The van der Waals surface area contributed by atoms with E-state index in [1.54, 1.807) is 18.5 Å². The highest BCUT2D eigenvalue weighted by molar-refractivity contribution is 5.85. The van der Waals surface area contributed by atoms with Gasteiger partial charge in [-0.3, -0.25) is 4.98 Å². The second-order valence-corrected chi connectivity index (χ2v) is 4.23. The maximum Gasteiger partial charge on any atom is 0.419 e. The summed E-state index contributed by atoms with van der Waals surface area (Å²) >= 11 is 0. The van der Waals surface area contributed by atoms with E-state index in [9.17, 15) is 13.2 Å². The minimum atomic E-state index is -4.42. The van der Waals surface area contributed by atoms with E-state index in [1.165, 1.54) is 0 Å². The molecule has 3 aromatic rings. The zero-order valence-electron chi connectivity index (χ0n) is 10.1. The number of nitrogens with zero attached hydrogens (tertiary/aromatic N) is 3. The van der Waals surface area contributed by atoms with Gasteiger partial charge < -0.3 is 0 Å². The molecule has 0 fully saturated rings. The van der Waals surface area contributed by atoms with Crippen LogP contribution in [0.2, 0.25) is 0 Å². The number of hydrogen-bond acceptors (Lipinski definition) is 3. The third kappa shape index (κ3) is 2.32. The predicted molar refractivity (Wildman–Crippen MR) is 67.8 cm³/mol. The van der Waals surface area contributed by atoms with Gasteiger partial charge in [-0.25, -0.2) is 9.97 Å². The highest BCUT2D eigenvalue weighted by Gasteiger charge is 2.31. The van der Waals surface area contributed by atoms with E-state index >= 15 is 0 Å². The third-order valence-corrected chi connectivity index (χ3v) is 2.88. The predicted octanol–water partition coefficient (Wildman–Crippen LogP) is 3.71. The molecule has 0 saturated heterocycles. The van der Waals surface area contributed by atoms with Crippen LogP contribution in [0.3, 0.4) is 0 Å². The monoisotopic (exact) mass is 275 g/mol. The lowest BCUT2D eigenvalue weighted by Crippen LogP contribution is -2.06. The number of benzene rings is 1. The Kier molecular flexibility index (Phi) is 2.85. The summed E-state index contributed by atoms with van der Waals surface area (Å²) in [7, 11) is 0. The van der Waals surface area contributed by atoms with E-state index in [0.29, 0.717) is 5.56 Å². The molecule has 0 aliphatic rings. The first-order valence-corrected chi connectivity index (χ1v) is 5.77. The van der Waals surface area contributed by atoms with Gasteiger partial charge in [-0.05, 0) is 17.5 Å². The van der Waals surface area contributed by atoms with E-state index in [0.717, 1.165) is 23.2 Å². The van der Waals surface area contributed by atoms with Crippen LogP contribution >= 0.6 is 0 Å². The number of pyridine rings is 1. The van der Waals surface area contributed by atoms with Crippen LogP contribution in [-0.2, 0) is 6.18 Å². The topological polar surface area (TPSA) is 38.7 Å². The first-order valence-electron chi connectivity index (χ1n) is 5.77. The summed E-state index contributed by atoms with van der Waals surface area (Å²) in [4.78, 5) is 11.5. The van der Waals surface area contributed by atoms with Crippen LogP contribution < -0.4 is 0 Å². The van der Waals surface area contributed by atoms with Gasteiger partial charge in [0.05, 0.1) is 5.56 Å². The van der Waals surface area contributed by atoms with Gasteiger partial charge in [0.25, 0.3) is 0 Å². The summed E-state index contributed by atoms with van der Waals surface area (Å²) in [5.74, 6) is 0.261. The number of hydrogen-bond donors (Lipinski definition) is 0. The SMILES string of the molecule is FC(F)(F)c1cnc(-c2ccc3cnccc3c2)nc1. The summed E-state index contributed by atoms with van der Waals surface area (Å²) in [6, 6.07) is 7.23. The van der Waals surface area contributed by atoms with Gasteiger partial charge in [0.1, 0.15) is 0 Å². The van der Waals surface area contributed by atoms with Crippen molar-refractivity contribution in [1.82, 2.24) is 15.0 Å². The average molecular weight is 275 g/mol. The molecule has 0 aliphatic carbocycles. The number of halogens is 3. The molecule has 20 heavy (non-hydrogen) atoms. The molecule has 100 valence electrons. The van der Waals surface area contributed by atoms with E-state index in [-0.39, 0.29) is 5.82 Å². The molecule has 0 unspecified atom stereocenters. The van der Waals surface area contributed by atoms with Crippen LogP contribution in [-0.4, -0.2) is 15.0 Å². The van der Waals surface area contributed by atoms with Crippen LogP contribution in [0.4, 0.5) is 13.2 Å². The summed E-state index contributed by atoms with van der Waals surface area (Å²) in [6.07, 6.45) is 0.526. The third-order valence-electron chi connectivity index (χ3n) is 2.88. The molecule has 3 rings (SSSR count). The molecule has 0 N–H and O–H groups in total. The maximum absolute atomic E-state index is 12.4. The highest BCUT2D eigenvalue weighted by Crippen LogP contribution is 2.29. The van der Waals surface area contributed by atoms with Gasteiger partial charge in [0, 0.05) is 35.7 Å². The molecule has 6 heteroatoms. The quantitative estimate of drug-likeness (QED) is 0.679. The molecule has 0 aliphatic heterocycles. The molecule has 0 spiro atoms. The number of alkyl halides is 3. The van der Waals surface area contributed by atoms with Gasteiger partial charge in [-0.2, -0.15) is 13.2 Å². The van der Waals surface area contributed by atoms with Crippen LogP contribution in [0.15, 0.2) is 49.1 Å². The molecular weight excluding hydrogens is 267 g/mol. The van der Waals surface area contributed by atoms with Gasteiger partial charge >= 0.3 is 6.18 Å². The smallest absolute Gasteiger partial charge is 0.264 e. The summed E-state index contributed by atoms with van der Waals surface area (Å²) < 4.78 is 37.3. The molecular formula is C14H8F3N3. The molecule has 3 nitrogen and oxygen atoms in total. The first-order chi connectivity index (χ1) is 9.54. The van der Waals surface area contributed by atoms with Crippen LogP contribution in [0, 0.1) is 0 Å². The van der Waals surface area contributed by atoms with Gasteiger partial charge in [-0.15, -0.1) is 0 Å². The van der Waals surface area contributed by atoms with Crippen molar-refractivity contribution in [1.29, 1.82) is 0 Å². The molecule has 0 amide bonds. The Morgan fingerprint density at radius 1 is 0.850 bits per heavy atom. The summed E-state index contributed by atoms with van der Waals surface area (Å²) in [5, 5.41) is 1.88. The van der Waals surface area contributed by atoms with Crippen molar-refractivity contribution in [2.24, 2.45) is 0 Å². The number of fused-ring (bicyclic) bond motifs is 1. The number of rotatable bonds is 1. The minimum absolute atomic E-state index is 0.261. The lowest BCUT2D eigenvalue weighted by atomic mass is 10.1. The van der Waals surface area contributed by atoms with E-state index in [1.807, 2.05) is 18.2 Å². The Morgan fingerprint density at radius 3 is 2.30 bits per heavy atom. The van der Waals surface area contributed by atoms with Gasteiger partial charge in [0.2, 0.25) is 0 Å². The Bertz CT molecular complexity index is 751. The van der Waals surface area contributed by atoms with Crippen LogP contribution in [0.1, 0.15) is 5.56 Å². The van der Waals surface area contributed by atoms with E-state index in [2.05, 4.69) is 15.0 Å². The minimum Gasteiger partial charge on any atom is -0.264 e. The van der Waals surface area contributed by atoms with Crippen molar-refractivity contribution in [2.45, 2.75) is 6.18 Å². The van der Waals surface area contributed by atoms with Crippen molar-refractivity contribution in [3.63, 3.8) is 0 Å². The second kappa shape index (κ2) is 4.56. The zero-order chi connectivity index (χ0) is 14.2. The van der Waals surface area contributed by atoms with E-state index < -0.39 is 11.7 Å². The van der Waals surface area contributed by atoms with Gasteiger partial charge in [0.15, 0.2) is 5.82 Å². The summed E-state index contributed by atoms with van der Waals surface area (Å²) in [6.45, 7) is 0. The zero-order valence-corrected chi connectivity index (χ0v) is 10.1. The van der Waals surface area contributed by atoms with Gasteiger partial charge in [-0.1, -0.05) is 12.1 Å². The summed E-state index contributed by atoms with van der Waals surface area (Å²) in [5.41, 5.74) is -0.191. The van der Waals surface area contributed by atoms with Crippen molar-refractivity contribution in [3.05, 3.63) is 54.6 Å². The molecule has 2 aromatic heterocycles. The first kappa shape index (κ1) is 12.5. The highest BCUT2D eigenvalue weighted by atomic mass is 19.4. The average Bonchev–Trinajstić information content (AvgIpc) is 2.46. The fourth-order valence-electron chi connectivity index (χ4n) is 1.85. The second-order valence-electron chi connectivity index (χ2n) is 4.23. The largest absolute Gasteiger partial charge is 0.419 e. The molecule has 2 heterocycles. The molecule has 0 atom stereocenters. The number of aromatic nitrogens is 3. The fourth-order valence-corrected chi connectivity index (χ4v) is 1.85.